The summed E-state index contributed by atoms with van der Waals surface area (Å²) in [5, 5.41) is 7.31. The predicted octanol–water partition coefficient (Wildman–Crippen LogP) is 5.86. The fraction of sp³-hybridized carbons (Fsp3) is 0.154. The van der Waals surface area contributed by atoms with Crippen LogP contribution in [0.25, 0.3) is 27.7 Å². The Morgan fingerprint density at radius 2 is 1.72 bits per heavy atom. The van der Waals surface area contributed by atoms with Gasteiger partial charge in [-0.1, -0.05) is 42.5 Å². The molecule has 5 rings (SSSR count). The van der Waals surface area contributed by atoms with Crippen LogP contribution in [0.2, 0.25) is 0 Å². The molecule has 3 nitrogen and oxygen atoms in total. The number of rotatable bonds is 3. The molecular weight excluding hydrogens is 356 g/mol. The zero-order valence-corrected chi connectivity index (χ0v) is 16.6. The zero-order valence-electron chi connectivity index (χ0n) is 16.6. The van der Waals surface area contributed by atoms with E-state index in [0.717, 1.165) is 29.9 Å². The van der Waals surface area contributed by atoms with Crippen LogP contribution in [0, 0.1) is 6.92 Å². The molecule has 0 saturated carbocycles. The number of benzene rings is 3. The minimum absolute atomic E-state index is 0.0725. The summed E-state index contributed by atoms with van der Waals surface area (Å²) in [6.45, 7) is 3.62. The number of ketones is 1. The minimum atomic E-state index is 0.0725. The molecule has 0 fully saturated rings. The Hall–Kier alpha value is -3.46. The van der Waals surface area contributed by atoms with E-state index in [4.69, 9.17) is 5.10 Å². The fourth-order valence-corrected chi connectivity index (χ4v) is 4.28. The van der Waals surface area contributed by atoms with Gasteiger partial charge >= 0.3 is 0 Å². The Morgan fingerprint density at radius 3 is 2.52 bits per heavy atom. The van der Waals surface area contributed by atoms with Gasteiger partial charge in [0.2, 0.25) is 0 Å². The molecule has 1 aliphatic carbocycles. The van der Waals surface area contributed by atoms with E-state index in [-0.39, 0.29) is 5.78 Å². The van der Waals surface area contributed by atoms with Gasteiger partial charge in [-0.05, 0) is 78.9 Å². The largest absolute Gasteiger partial charge is 0.295 e. The molecule has 1 heterocycles. The van der Waals surface area contributed by atoms with Crippen LogP contribution in [0.1, 0.15) is 34.1 Å². The first kappa shape index (κ1) is 17.6. The summed E-state index contributed by atoms with van der Waals surface area (Å²) in [5.74, 6) is 0.0725. The lowest BCUT2D eigenvalue weighted by Gasteiger charge is -2.20. The molecule has 4 aromatic rings. The number of carbonyl (C=O) groups excluding carboxylic acids is 1. The van der Waals surface area contributed by atoms with Crippen molar-refractivity contribution in [2.45, 2.75) is 26.7 Å². The maximum atomic E-state index is 11.7. The van der Waals surface area contributed by atoms with Crippen molar-refractivity contribution in [2.24, 2.45) is 0 Å². The first-order valence-corrected chi connectivity index (χ1v) is 9.99. The summed E-state index contributed by atoms with van der Waals surface area (Å²) in [5.41, 5.74) is 7.79. The molecular formula is C26H22N2O. The van der Waals surface area contributed by atoms with Crippen LogP contribution in [0.15, 0.2) is 72.8 Å². The number of nitrogens with zero attached hydrogens (tertiary/aromatic N) is 2. The van der Waals surface area contributed by atoms with E-state index in [1.54, 1.807) is 6.92 Å². The lowest BCUT2D eigenvalue weighted by Crippen LogP contribution is -2.05. The molecule has 1 aliphatic rings. The highest BCUT2D eigenvalue weighted by Gasteiger charge is 2.20. The number of aromatic nitrogens is 2. The molecule has 0 atom stereocenters. The van der Waals surface area contributed by atoms with E-state index < -0.39 is 0 Å². The highest BCUT2D eigenvalue weighted by molar-refractivity contribution is 5.99. The number of hydrogen-bond donors (Lipinski definition) is 0. The van der Waals surface area contributed by atoms with Gasteiger partial charge in [-0.25, -0.2) is 4.68 Å². The van der Waals surface area contributed by atoms with E-state index >= 15 is 0 Å². The van der Waals surface area contributed by atoms with Gasteiger partial charge in [-0.15, -0.1) is 0 Å². The predicted molar refractivity (Wildman–Crippen MR) is 118 cm³/mol. The van der Waals surface area contributed by atoms with Crippen LogP contribution in [-0.4, -0.2) is 15.6 Å². The standard InChI is InChI=1S/C26H22N2O/c1-17-15-25(28(27-17)22-13-11-19(12-14-22)18(2)29)26-23-9-5-3-7-20(23)16-21-8-4-6-10-24(21)26/h3-7,9,11-16H,8,10H2,1-2H3. The third kappa shape index (κ3) is 2.99. The Morgan fingerprint density at radius 1 is 0.966 bits per heavy atom. The molecule has 0 bridgehead atoms. The van der Waals surface area contributed by atoms with Crippen LogP contribution in [0.4, 0.5) is 0 Å². The van der Waals surface area contributed by atoms with E-state index in [9.17, 15) is 4.79 Å². The SMILES string of the molecule is CC(=O)c1ccc(-n2nc(C)cc2-c2c3c(cc4ccccc24)CC=CC3)cc1. The van der Waals surface area contributed by atoms with Gasteiger partial charge in [0.1, 0.15) is 0 Å². The van der Waals surface area contributed by atoms with Gasteiger partial charge in [-0.3, -0.25) is 4.79 Å². The van der Waals surface area contributed by atoms with E-state index in [1.807, 2.05) is 35.9 Å². The quantitative estimate of drug-likeness (QED) is 0.331. The molecule has 0 amide bonds. The average Bonchev–Trinajstić information content (AvgIpc) is 3.13. The second kappa shape index (κ2) is 6.85. The highest BCUT2D eigenvalue weighted by atomic mass is 16.1. The van der Waals surface area contributed by atoms with Crippen molar-refractivity contribution in [1.82, 2.24) is 9.78 Å². The molecule has 142 valence electrons. The van der Waals surface area contributed by atoms with Crippen LogP contribution in [0.3, 0.4) is 0 Å². The summed E-state index contributed by atoms with van der Waals surface area (Å²) >= 11 is 0. The Bertz CT molecular complexity index is 1280. The third-order valence-corrected chi connectivity index (χ3v) is 5.68. The van der Waals surface area contributed by atoms with Crippen LogP contribution < -0.4 is 0 Å². The maximum Gasteiger partial charge on any atom is 0.159 e. The molecule has 0 unspecified atom stereocenters. The van der Waals surface area contributed by atoms with Gasteiger partial charge < -0.3 is 0 Å². The van der Waals surface area contributed by atoms with Crippen LogP contribution >= 0.6 is 0 Å². The maximum absolute atomic E-state index is 11.7. The van der Waals surface area contributed by atoms with E-state index in [0.29, 0.717) is 5.56 Å². The fourth-order valence-electron chi connectivity index (χ4n) is 4.28. The molecule has 0 N–H and O–H groups in total. The van der Waals surface area contributed by atoms with Crippen molar-refractivity contribution in [1.29, 1.82) is 0 Å². The molecule has 3 aromatic carbocycles. The molecule has 3 heteroatoms. The normalized spacial score (nSPS) is 12.9. The van der Waals surface area contributed by atoms with Crippen molar-refractivity contribution >= 4 is 16.6 Å². The van der Waals surface area contributed by atoms with Crippen molar-refractivity contribution in [3.63, 3.8) is 0 Å². The Kier molecular flexibility index (Phi) is 4.17. The number of hydrogen-bond acceptors (Lipinski definition) is 2. The van der Waals surface area contributed by atoms with Crippen molar-refractivity contribution in [3.8, 4) is 16.9 Å². The van der Waals surface area contributed by atoms with Crippen molar-refractivity contribution in [2.75, 3.05) is 0 Å². The second-order valence-electron chi connectivity index (χ2n) is 7.68. The summed E-state index contributed by atoms with van der Waals surface area (Å²) in [6.07, 6.45) is 6.41. The van der Waals surface area contributed by atoms with Gasteiger partial charge in [0.05, 0.1) is 17.1 Å². The molecule has 1 aromatic heterocycles. The average molecular weight is 378 g/mol. The molecule has 0 spiro atoms. The van der Waals surface area contributed by atoms with Gasteiger partial charge in [0.25, 0.3) is 0 Å². The summed E-state index contributed by atoms with van der Waals surface area (Å²) in [4.78, 5) is 11.7. The number of allylic oxidation sites excluding steroid dienone is 2. The topological polar surface area (TPSA) is 34.9 Å². The first-order valence-electron chi connectivity index (χ1n) is 9.99. The highest BCUT2D eigenvalue weighted by Crippen LogP contribution is 2.38. The third-order valence-electron chi connectivity index (χ3n) is 5.68. The first-order chi connectivity index (χ1) is 14.1. The number of aryl methyl sites for hydroxylation is 1. The summed E-state index contributed by atoms with van der Waals surface area (Å²) in [7, 11) is 0. The van der Waals surface area contributed by atoms with E-state index in [1.165, 1.54) is 27.5 Å². The summed E-state index contributed by atoms with van der Waals surface area (Å²) in [6, 6.07) is 20.8. The van der Waals surface area contributed by atoms with Crippen LogP contribution in [0.5, 0.6) is 0 Å². The molecule has 0 aliphatic heterocycles. The molecule has 29 heavy (non-hydrogen) atoms. The molecule has 0 radical (unpaired) electrons. The monoisotopic (exact) mass is 378 g/mol. The number of carbonyl (C=O) groups is 1. The lowest BCUT2D eigenvalue weighted by molar-refractivity contribution is 0.101. The molecule has 0 saturated heterocycles. The van der Waals surface area contributed by atoms with Crippen LogP contribution in [-0.2, 0) is 12.8 Å². The number of fused-ring (bicyclic) bond motifs is 2. The lowest BCUT2D eigenvalue weighted by atomic mass is 9.86. The van der Waals surface area contributed by atoms with Crippen molar-refractivity contribution in [3.05, 3.63) is 95.2 Å². The van der Waals surface area contributed by atoms with Crippen molar-refractivity contribution < 1.29 is 4.79 Å². The van der Waals surface area contributed by atoms with E-state index in [2.05, 4.69) is 48.6 Å². The Balaban J connectivity index is 1.78. The second-order valence-corrected chi connectivity index (χ2v) is 7.68. The smallest absolute Gasteiger partial charge is 0.159 e. The Labute approximate surface area is 170 Å². The minimum Gasteiger partial charge on any atom is -0.295 e. The van der Waals surface area contributed by atoms with Gasteiger partial charge in [0, 0.05) is 11.1 Å². The zero-order chi connectivity index (χ0) is 20.0. The number of Topliss-reactive ketones (excluding diaryl/α,β-unsaturated/α-hetero) is 1. The van der Waals surface area contributed by atoms with Gasteiger partial charge in [0.15, 0.2) is 5.78 Å². The van der Waals surface area contributed by atoms with Gasteiger partial charge in [-0.2, -0.15) is 5.10 Å². The summed E-state index contributed by atoms with van der Waals surface area (Å²) < 4.78 is 2.01.